The molecule has 1 spiro atoms. The molecule has 8 heteroatoms. The Balaban J connectivity index is 0.00000180. The van der Waals surface area contributed by atoms with Crippen molar-refractivity contribution in [2.45, 2.75) is 12.8 Å². The number of rotatable bonds is 0. The molecule has 2 aliphatic rings. The van der Waals surface area contributed by atoms with E-state index in [0.29, 0.717) is 12.8 Å². The summed E-state index contributed by atoms with van der Waals surface area (Å²) < 4.78 is 0. The third-order valence-electron chi connectivity index (χ3n) is 4.32. The van der Waals surface area contributed by atoms with Crippen LogP contribution in [0.3, 0.4) is 0 Å². The summed E-state index contributed by atoms with van der Waals surface area (Å²) in [4.78, 5) is 0. The minimum absolute atomic E-state index is 0. The molecule has 0 N–H and O–H groups in total. The third kappa shape index (κ3) is 1.28. The van der Waals surface area contributed by atoms with Gasteiger partial charge in [-0.25, -0.2) is 0 Å². The summed E-state index contributed by atoms with van der Waals surface area (Å²) in [6, 6.07) is 10.1. The SMILES string of the molecule is N#CC1(C#N)C(C#N)(C#N)C2(CC2)C1(C#N)C#N.[NaH].[NaH]. The number of hydrogen-bond acceptors (Lipinski definition) is 6. The molecule has 2 saturated carbocycles. The van der Waals surface area contributed by atoms with Crippen LogP contribution in [0.25, 0.3) is 0 Å². The van der Waals surface area contributed by atoms with Crippen LogP contribution in [0.4, 0.5) is 0 Å². The second-order valence-electron chi connectivity index (χ2n) is 4.50. The maximum absolute atomic E-state index is 9.24. The van der Waals surface area contributed by atoms with Gasteiger partial charge in [-0.05, 0) is 12.8 Å². The van der Waals surface area contributed by atoms with Crippen LogP contribution < -0.4 is 0 Å². The molecule has 0 bridgehead atoms. The molecule has 0 atom stereocenters. The van der Waals surface area contributed by atoms with E-state index in [2.05, 4.69) is 0 Å². The molecule has 0 heterocycles. The minimum atomic E-state index is -2.20. The second-order valence-corrected chi connectivity index (χ2v) is 4.50. The number of hydrogen-bond donors (Lipinski definition) is 0. The zero-order valence-electron chi connectivity index (χ0n) is 9.10. The van der Waals surface area contributed by atoms with Crippen molar-refractivity contribution in [1.29, 1.82) is 31.6 Å². The summed E-state index contributed by atoms with van der Waals surface area (Å²) in [6.45, 7) is 0. The monoisotopic (exact) mass is 280 g/mol. The Bertz CT molecular complexity index is 609. The van der Waals surface area contributed by atoms with Crippen LogP contribution in [0.1, 0.15) is 12.8 Å². The Morgan fingerprint density at radius 3 is 0.900 bits per heavy atom. The van der Waals surface area contributed by atoms with Crippen LogP contribution in [0, 0.1) is 89.6 Å². The van der Waals surface area contributed by atoms with Crippen LogP contribution in [-0.4, -0.2) is 59.1 Å². The summed E-state index contributed by atoms with van der Waals surface area (Å²) in [6.07, 6.45) is 0.667. The second kappa shape index (κ2) is 5.38. The van der Waals surface area contributed by atoms with Crippen molar-refractivity contribution >= 4 is 59.1 Å². The molecule has 0 aromatic heterocycles. The summed E-state index contributed by atoms with van der Waals surface area (Å²) in [5, 5.41) is 55.4. The Kier molecular flexibility index (Phi) is 5.09. The van der Waals surface area contributed by atoms with Gasteiger partial charge in [-0.15, -0.1) is 0 Å². The average molecular weight is 280 g/mol. The van der Waals surface area contributed by atoms with E-state index in [0.717, 1.165) is 0 Å². The molecule has 0 radical (unpaired) electrons. The fourth-order valence-electron chi connectivity index (χ4n) is 3.27. The van der Waals surface area contributed by atoms with Gasteiger partial charge in [-0.1, -0.05) is 0 Å². The van der Waals surface area contributed by atoms with Crippen molar-refractivity contribution < 1.29 is 0 Å². The molecule has 0 amide bonds. The van der Waals surface area contributed by atoms with Crippen LogP contribution >= 0.6 is 0 Å². The Morgan fingerprint density at radius 1 is 0.500 bits per heavy atom. The van der Waals surface area contributed by atoms with Crippen LogP contribution in [-0.2, 0) is 0 Å². The first-order chi connectivity index (χ1) is 8.57. The molecule has 6 nitrogen and oxygen atoms in total. The summed E-state index contributed by atoms with van der Waals surface area (Å²) in [5.74, 6) is 0. The number of nitriles is 6. The van der Waals surface area contributed by atoms with E-state index in [1.54, 1.807) is 36.4 Å². The topological polar surface area (TPSA) is 143 Å². The van der Waals surface area contributed by atoms with Gasteiger partial charge in [0.25, 0.3) is 0 Å². The predicted molar refractivity (Wildman–Crippen MR) is 66.9 cm³/mol. The fraction of sp³-hybridized carbons (Fsp3) is 0.500. The van der Waals surface area contributed by atoms with Gasteiger partial charge in [-0.3, -0.25) is 0 Å². The van der Waals surface area contributed by atoms with E-state index < -0.39 is 21.7 Å². The first-order valence-electron chi connectivity index (χ1n) is 5.05. The molecular formula is C12H6N6Na2. The maximum atomic E-state index is 9.24. The van der Waals surface area contributed by atoms with Gasteiger partial charge in [0.2, 0.25) is 5.41 Å². The van der Waals surface area contributed by atoms with Gasteiger partial charge >= 0.3 is 59.1 Å². The molecule has 2 rings (SSSR count). The van der Waals surface area contributed by atoms with Gasteiger partial charge in [0.1, 0.15) is 0 Å². The molecule has 0 aromatic carbocycles. The van der Waals surface area contributed by atoms with Gasteiger partial charge < -0.3 is 0 Å². The fourth-order valence-corrected chi connectivity index (χ4v) is 3.27. The molecule has 20 heavy (non-hydrogen) atoms. The zero-order valence-corrected chi connectivity index (χ0v) is 9.10. The molecule has 2 aliphatic carbocycles. The third-order valence-corrected chi connectivity index (χ3v) is 4.32. The van der Waals surface area contributed by atoms with E-state index in [1.807, 2.05) is 0 Å². The van der Waals surface area contributed by atoms with Crippen molar-refractivity contribution in [3.05, 3.63) is 0 Å². The van der Waals surface area contributed by atoms with Crippen LogP contribution in [0.5, 0.6) is 0 Å². The average Bonchev–Trinajstić information content (AvgIpc) is 3.21. The van der Waals surface area contributed by atoms with Crippen molar-refractivity contribution in [3.8, 4) is 36.4 Å². The molecular weight excluding hydrogens is 274 g/mol. The zero-order chi connectivity index (χ0) is 13.7. The quantitative estimate of drug-likeness (QED) is 0.551. The number of nitrogens with zero attached hydrogens (tertiary/aromatic N) is 6. The normalized spacial score (nSPS) is 23.1. The van der Waals surface area contributed by atoms with Crippen molar-refractivity contribution in [2.24, 2.45) is 21.7 Å². The van der Waals surface area contributed by atoms with Crippen LogP contribution in [0.15, 0.2) is 0 Å². The van der Waals surface area contributed by atoms with E-state index >= 15 is 0 Å². The van der Waals surface area contributed by atoms with E-state index in [1.165, 1.54) is 0 Å². The van der Waals surface area contributed by atoms with Gasteiger partial charge in [0.05, 0.1) is 36.4 Å². The van der Waals surface area contributed by atoms with Crippen LogP contribution in [0.2, 0.25) is 0 Å². The standard InChI is InChI=1S/C12H4N6.2Na.2H/c13-3-10(4-14)9(1-2-9)11(5-15,6-16)12(10,7-17)8-18;;;;/h1-2H2;;;;. The van der Waals surface area contributed by atoms with Gasteiger partial charge in [0.15, 0.2) is 10.8 Å². The summed E-state index contributed by atoms with van der Waals surface area (Å²) in [5.41, 5.74) is -7.15. The van der Waals surface area contributed by atoms with Gasteiger partial charge in [0, 0.05) is 5.41 Å². The molecule has 86 valence electrons. The van der Waals surface area contributed by atoms with E-state index in [-0.39, 0.29) is 59.1 Å². The Labute approximate surface area is 160 Å². The molecule has 0 aromatic rings. The van der Waals surface area contributed by atoms with Crippen molar-refractivity contribution in [3.63, 3.8) is 0 Å². The Morgan fingerprint density at radius 2 is 0.750 bits per heavy atom. The predicted octanol–water partition coefficient (Wildman–Crippen LogP) is -0.416. The van der Waals surface area contributed by atoms with E-state index in [4.69, 9.17) is 0 Å². The van der Waals surface area contributed by atoms with E-state index in [9.17, 15) is 31.6 Å². The summed E-state index contributed by atoms with van der Waals surface area (Å²) in [7, 11) is 0. The first-order valence-corrected chi connectivity index (χ1v) is 5.05. The molecule has 0 saturated heterocycles. The summed E-state index contributed by atoms with van der Waals surface area (Å²) >= 11 is 0. The van der Waals surface area contributed by atoms with Crippen molar-refractivity contribution in [2.75, 3.05) is 0 Å². The van der Waals surface area contributed by atoms with Gasteiger partial charge in [-0.2, -0.15) is 31.6 Å². The van der Waals surface area contributed by atoms with Crippen molar-refractivity contribution in [1.82, 2.24) is 0 Å². The molecule has 2 fully saturated rings. The molecule has 0 unspecified atom stereocenters. The Hall–Kier alpha value is -1.06. The first kappa shape index (κ1) is 18.9. The molecule has 0 aliphatic heterocycles.